The molecule has 0 saturated heterocycles. The van der Waals surface area contributed by atoms with E-state index in [1.807, 2.05) is 24.3 Å². The fourth-order valence-electron chi connectivity index (χ4n) is 3.00. The van der Waals surface area contributed by atoms with E-state index in [0.29, 0.717) is 17.6 Å². The Morgan fingerprint density at radius 1 is 1.04 bits per heavy atom. The van der Waals surface area contributed by atoms with Gasteiger partial charge in [-0.25, -0.2) is 4.98 Å². The Morgan fingerprint density at radius 3 is 2.31 bits per heavy atom. The van der Waals surface area contributed by atoms with Crippen LogP contribution in [0.1, 0.15) is 50.7 Å². The highest BCUT2D eigenvalue weighted by Gasteiger charge is 2.16. The van der Waals surface area contributed by atoms with E-state index in [1.54, 1.807) is 0 Å². The van der Waals surface area contributed by atoms with Crippen molar-refractivity contribution in [1.29, 1.82) is 0 Å². The Kier molecular flexibility index (Phi) is 5.67. The molecular formula is C21H25N3OS. The smallest absolute Gasteiger partial charge is 0.234 e. The maximum Gasteiger partial charge on any atom is 0.234 e. The summed E-state index contributed by atoms with van der Waals surface area (Å²) in [6.07, 6.45) is 0. The van der Waals surface area contributed by atoms with Crippen LogP contribution in [0.2, 0.25) is 0 Å². The van der Waals surface area contributed by atoms with E-state index in [2.05, 4.69) is 61.2 Å². The van der Waals surface area contributed by atoms with E-state index in [-0.39, 0.29) is 5.91 Å². The van der Waals surface area contributed by atoms with E-state index in [0.717, 1.165) is 21.9 Å². The summed E-state index contributed by atoms with van der Waals surface area (Å²) < 4.78 is 0. The molecule has 2 aromatic carbocycles. The number of amides is 1. The standard InChI is InChI=1S/C21H25N3OS/c1-13(2)15-8-7-9-16(14(3)4)20(15)24-19(25)12-26-21-22-17-10-5-6-11-18(17)23-21/h5-11,13-14H,12H2,1-4H3,(H,22,23)(H,24,25). The summed E-state index contributed by atoms with van der Waals surface area (Å²) in [4.78, 5) is 20.3. The normalized spacial score (nSPS) is 11.5. The number of rotatable bonds is 6. The van der Waals surface area contributed by atoms with Crippen LogP contribution in [-0.2, 0) is 4.79 Å². The van der Waals surface area contributed by atoms with E-state index < -0.39 is 0 Å². The third kappa shape index (κ3) is 4.10. The first-order valence-corrected chi connectivity index (χ1v) is 9.94. The average molecular weight is 368 g/mol. The first-order valence-electron chi connectivity index (χ1n) is 8.96. The van der Waals surface area contributed by atoms with Gasteiger partial charge in [0.25, 0.3) is 0 Å². The predicted octanol–water partition coefficient (Wildman–Crippen LogP) is 5.54. The maximum atomic E-state index is 12.6. The van der Waals surface area contributed by atoms with Gasteiger partial charge in [0, 0.05) is 5.69 Å². The van der Waals surface area contributed by atoms with E-state index >= 15 is 0 Å². The van der Waals surface area contributed by atoms with Gasteiger partial charge in [-0.05, 0) is 35.1 Å². The minimum absolute atomic E-state index is 0.00884. The molecule has 0 fully saturated rings. The number of nitrogens with one attached hydrogen (secondary N) is 2. The number of H-pyrrole nitrogens is 1. The number of hydrogen-bond donors (Lipinski definition) is 2. The van der Waals surface area contributed by atoms with Gasteiger partial charge in [-0.15, -0.1) is 0 Å². The molecule has 2 N–H and O–H groups in total. The molecule has 0 unspecified atom stereocenters. The van der Waals surface area contributed by atoms with Crippen LogP contribution in [0.3, 0.4) is 0 Å². The van der Waals surface area contributed by atoms with Crippen LogP contribution >= 0.6 is 11.8 Å². The second-order valence-electron chi connectivity index (χ2n) is 7.02. The monoisotopic (exact) mass is 367 g/mol. The second-order valence-corrected chi connectivity index (χ2v) is 7.98. The lowest BCUT2D eigenvalue weighted by atomic mass is 9.92. The molecular weight excluding hydrogens is 342 g/mol. The van der Waals surface area contributed by atoms with Gasteiger partial charge in [0.2, 0.25) is 5.91 Å². The van der Waals surface area contributed by atoms with Gasteiger partial charge >= 0.3 is 0 Å². The summed E-state index contributed by atoms with van der Waals surface area (Å²) in [5.41, 5.74) is 5.23. The quantitative estimate of drug-likeness (QED) is 0.562. The maximum absolute atomic E-state index is 12.6. The number of fused-ring (bicyclic) bond motifs is 1. The molecule has 136 valence electrons. The molecule has 3 aromatic rings. The van der Waals surface area contributed by atoms with Gasteiger partial charge in [0.1, 0.15) is 0 Å². The van der Waals surface area contributed by atoms with Gasteiger partial charge in [0.05, 0.1) is 16.8 Å². The van der Waals surface area contributed by atoms with Crippen LogP contribution in [0.25, 0.3) is 11.0 Å². The van der Waals surface area contributed by atoms with Gasteiger partial charge < -0.3 is 10.3 Å². The Labute approximate surface area is 158 Å². The van der Waals surface area contributed by atoms with Crippen LogP contribution < -0.4 is 5.32 Å². The van der Waals surface area contributed by atoms with Crippen molar-refractivity contribution in [3.63, 3.8) is 0 Å². The molecule has 4 nitrogen and oxygen atoms in total. The number of para-hydroxylation sites is 3. The minimum atomic E-state index is -0.00884. The zero-order valence-corrected chi connectivity index (χ0v) is 16.5. The lowest BCUT2D eigenvalue weighted by molar-refractivity contribution is -0.113. The molecule has 0 spiro atoms. The van der Waals surface area contributed by atoms with Crippen LogP contribution in [0.4, 0.5) is 5.69 Å². The fraction of sp³-hybridized carbons (Fsp3) is 0.333. The first-order chi connectivity index (χ1) is 12.5. The van der Waals surface area contributed by atoms with Crippen molar-refractivity contribution in [2.45, 2.75) is 44.7 Å². The summed E-state index contributed by atoms with van der Waals surface area (Å²) >= 11 is 1.42. The summed E-state index contributed by atoms with van der Waals surface area (Å²) in [7, 11) is 0. The van der Waals surface area contributed by atoms with Crippen molar-refractivity contribution >= 4 is 34.4 Å². The molecule has 0 atom stereocenters. The third-order valence-electron chi connectivity index (χ3n) is 4.34. The number of hydrogen-bond acceptors (Lipinski definition) is 3. The number of imidazole rings is 1. The predicted molar refractivity (Wildman–Crippen MR) is 110 cm³/mol. The Hall–Kier alpha value is -2.27. The molecule has 0 aliphatic rings. The third-order valence-corrected chi connectivity index (χ3v) is 5.22. The van der Waals surface area contributed by atoms with Crippen LogP contribution in [0, 0.1) is 0 Å². The molecule has 0 saturated carbocycles. The van der Waals surface area contributed by atoms with Crippen molar-refractivity contribution in [3.8, 4) is 0 Å². The van der Waals surface area contributed by atoms with Crippen molar-refractivity contribution < 1.29 is 4.79 Å². The van der Waals surface area contributed by atoms with Crippen molar-refractivity contribution in [1.82, 2.24) is 9.97 Å². The fourth-order valence-corrected chi connectivity index (χ4v) is 3.69. The van der Waals surface area contributed by atoms with Crippen LogP contribution in [0.15, 0.2) is 47.6 Å². The number of aromatic nitrogens is 2. The summed E-state index contributed by atoms with van der Waals surface area (Å²) in [6, 6.07) is 14.1. The van der Waals surface area contributed by atoms with E-state index in [9.17, 15) is 4.79 Å². The molecule has 26 heavy (non-hydrogen) atoms. The molecule has 5 heteroatoms. The molecule has 1 heterocycles. The Balaban J connectivity index is 1.73. The molecule has 0 radical (unpaired) electrons. The highest BCUT2D eigenvalue weighted by molar-refractivity contribution is 7.99. The number of aromatic amines is 1. The Bertz CT molecular complexity index is 855. The Morgan fingerprint density at radius 2 is 1.69 bits per heavy atom. The van der Waals surface area contributed by atoms with Crippen molar-refractivity contribution in [2.75, 3.05) is 11.1 Å². The minimum Gasteiger partial charge on any atom is -0.333 e. The number of carbonyl (C=O) groups excluding carboxylic acids is 1. The van der Waals surface area contributed by atoms with Crippen molar-refractivity contribution in [2.24, 2.45) is 0 Å². The highest BCUT2D eigenvalue weighted by Crippen LogP contribution is 2.32. The van der Waals surface area contributed by atoms with Crippen molar-refractivity contribution in [3.05, 3.63) is 53.6 Å². The topological polar surface area (TPSA) is 57.8 Å². The zero-order valence-electron chi connectivity index (χ0n) is 15.7. The summed E-state index contributed by atoms with van der Waals surface area (Å²) in [5.74, 6) is 1.02. The average Bonchev–Trinajstić information content (AvgIpc) is 3.02. The van der Waals surface area contributed by atoms with E-state index in [4.69, 9.17) is 0 Å². The SMILES string of the molecule is CC(C)c1cccc(C(C)C)c1NC(=O)CSc1nc2ccccc2[nH]1. The molecule has 0 bridgehead atoms. The van der Waals surface area contributed by atoms with Crippen LogP contribution in [0.5, 0.6) is 0 Å². The summed E-state index contributed by atoms with van der Waals surface area (Å²) in [6.45, 7) is 8.60. The lowest BCUT2D eigenvalue weighted by Gasteiger charge is -2.20. The first kappa shape index (κ1) is 18.5. The molecule has 0 aliphatic heterocycles. The highest BCUT2D eigenvalue weighted by atomic mass is 32.2. The van der Waals surface area contributed by atoms with E-state index in [1.165, 1.54) is 22.9 Å². The molecule has 0 aliphatic carbocycles. The molecule has 1 aromatic heterocycles. The van der Waals surface area contributed by atoms with Gasteiger partial charge in [-0.1, -0.05) is 69.8 Å². The lowest BCUT2D eigenvalue weighted by Crippen LogP contribution is -2.17. The molecule has 3 rings (SSSR count). The van der Waals surface area contributed by atoms with Gasteiger partial charge in [-0.3, -0.25) is 4.79 Å². The number of benzene rings is 2. The van der Waals surface area contributed by atoms with Crippen LogP contribution in [-0.4, -0.2) is 21.6 Å². The summed E-state index contributed by atoms with van der Waals surface area (Å²) in [5, 5.41) is 3.91. The number of anilines is 1. The largest absolute Gasteiger partial charge is 0.333 e. The second kappa shape index (κ2) is 7.96. The molecule has 1 amide bonds. The number of nitrogens with zero attached hydrogens (tertiary/aromatic N) is 1. The van der Waals surface area contributed by atoms with Gasteiger partial charge in [-0.2, -0.15) is 0 Å². The number of carbonyl (C=O) groups is 1. The zero-order chi connectivity index (χ0) is 18.7. The number of thioether (sulfide) groups is 1. The van der Waals surface area contributed by atoms with Gasteiger partial charge in [0.15, 0.2) is 5.16 Å².